The maximum absolute atomic E-state index is 13.2. The van der Waals surface area contributed by atoms with Crippen LogP contribution in [0.4, 0.5) is 0 Å². The molecule has 0 spiro atoms. The summed E-state index contributed by atoms with van der Waals surface area (Å²) in [5.74, 6) is 0.376. The highest BCUT2D eigenvalue weighted by Gasteiger charge is 2.39. The van der Waals surface area contributed by atoms with E-state index in [-0.39, 0.29) is 17.9 Å². The molecule has 5 rings (SSSR count). The van der Waals surface area contributed by atoms with Gasteiger partial charge in [-0.3, -0.25) is 19.3 Å². The van der Waals surface area contributed by atoms with Gasteiger partial charge in [0.15, 0.2) is 0 Å². The lowest BCUT2D eigenvalue weighted by atomic mass is 9.94. The molecule has 0 radical (unpaired) electrons. The number of rotatable bonds is 3. The van der Waals surface area contributed by atoms with Gasteiger partial charge in [-0.05, 0) is 50.8 Å². The average molecular weight is 367 g/mol. The SMILES string of the molecule is CCn1nc(C)cc1C(=O)N1C[C@H]2CC[C@@H]1CN(C(=O)c1ccncc1)C2. The second-order valence-electron chi connectivity index (χ2n) is 7.49. The largest absolute Gasteiger partial charge is 0.336 e. The van der Waals surface area contributed by atoms with Crippen LogP contribution in [0.2, 0.25) is 0 Å². The Kier molecular flexibility index (Phi) is 4.68. The van der Waals surface area contributed by atoms with E-state index in [0.717, 1.165) is 18.5 Å². The molecule has 3 aliphatic rings. The normalized spacial score (nSPS) is 22.0. The maximum Gasteiger partial charge on any atom is 0.272 e. The molecule has 0 unspecified atom stereocenters. The van der Waals surface area contributed by atoms with E-state index < -0.39 is 0 Å². The van der Waals surface area contributed by atoms with Crippen LogP contribution in [0.25, 0.3) is 0 Å². The summed E-state index contributed by atoms with van der Waals surface area (Å²) in [7, 11) is 0. The zero-order valence-electron chi connectivity index (χ0n) is 15.8. The monoisotopic (exact) mass is 367 g/mol. The van der Waals surface area contributed by atoms with Crippen LogP contribution in [0.15, 0.2) is 30.6 Å². The van der Waals surface area contributed by atoms with Crippen molar-refractivity contribution >= 4 is 11.8 Å². The first-order valence-corrected chi connectivity index (χ1v) is 9.61. The van der Waals surface area contributed by atoms with Crippen molar-refractivity contribution in [3.63, 3.8) is 0 Å². The van der Waals surface area contributed by atoms with E-state index in [4.69, 9.17) is 0 Å². The van der Waals surface area contributed by atoms with Gasteiger partial charge in [0.1, 0.15) is 5.69 Å². The van der Waals surface area contributed by atoms with E-state index in [9.17, 15) is 9.59 Å². The fourth-order valence-electron chi connectivity index (χ4n) is 4.28. The number of fused-ring (bicyclic) bond motifs is 4. The molecular formula is C20H25N5O2. The molecule has 7 nitrogen and oxygen atoms in total. The molecule has 27 heavy (non-hydrogen) atoms. The number of carbonyl (C=O) groups is 2. The molecule has 7 heteroatoms. The van der Waals surface area contributed by atoms with Crippen molar-refractivity contribution in [2.75, 3.05) is 19.6 Å². The molecule has 142 valence electrons. The highest BCUT2D eigenvalue weighted by atomic mass is 16.2. The lowest BCUT2D eigenvalue weighted by molar-refractivity contribution is 0.0562. The zero-order chi connectivity index (χ0) is 19.0. The number of pyridine rings is 1. The number of aromatic nitrogens is 3. The topological polar surface area (TPSA) is 71.3 Å². The van der Waals surface area contributed by atoms with Crippen molar-refractivity contribution < 1.29 is 9.59 Å². The van der Waals surface area contributed by atoms with Crippen molar-refractivity contribution in [1.29, 1.82) is 0 Å². The predicted octanol–water partition coefficient (Wildman–Crippen LogP) is 1.98. The summed E-state index contributed by atoms with van der Waals surface area (Å²) in [6, 6.07) is 5.42. The second-order valence-corrected chi connectivity index (χ2v) is 7.49. The number of hydrogen-bond acceptors (Lipinski definition) is 4. The van der Waals surface area contributed by atoms with Gasteiger partial charge in [-0.2, -0.15) is 5.10 Å². The van der Waals surface area contributed by atoms with Crippen LogP contribution in [-0.4, -0.2) is 62.1 Å². The lowest BCUT2D eigenvalue weighted by Gasteiger charge is -2.36. The van der Waals surface area contributed by atoms with Gasteiger partial charge in [-0.15, -0.1) is 0 Å². The molecule has 2 amide bonds. The highest BCUT2D eigenvalue weighted by Crippen LogP contribution is 2.30. The maximum atomic E-state index is 13.2. The molecule has 2 atom stereocenters. The number of aryl methyl sites for hydroxylation is 2. The van der Waals surface area contributed by atoms with Crippen molar-refractivity contribution in [3.05, 3.63) is 47.5 Å². The predicted molar refractivity (Wildman–Crippen MR) is 100 cm³/mol. The van der Waals surface area contributed by atoms with Crippen LogP contribution in [0.3, 0.4) is 0 Å². The van der Waals surface area contributed by atoms with E-state index in [1.807, 2.05) is 29.7 Å². The fourth-order valence-corrected chi connectivity index (χ4v) is 4.28. The van der Waals surface area contributed by atoms with Crippen LogP contribution < -0.4 is 0 Å². The third kappa shape index (κ3) is 3.34. The second kappa shape index (κ2) is 7.13. The van der Waals surface area contributed by atoms with Crippen LogP contribution in [0, 0.1) is 12.8 Å². The van der Waals surface area contributed by atoms with Gasteiger partial charge in [0.05, 0.1) is 5.69 Å². The fraction of sp³-hybridized carbons (Fsp3) is 0.500. The molecule has 2 aromatic rings. The first-order chi connectivity index (χ1) is 13.1. The first kappa shape index (κ1) is 17.7. The Balaban J connectivity index is 1.56. The summed E-state index contributed by atoms with van der Waals surface area (Å²) in [5.41, 5.74) is 2.16. The average Bonchev–Trinajstić information content (AvgIpc) is 2.86. The third-order valence-electron chi connectivity index (χ3n) is 5.61. The summed E-state index contributed by atoms with van der Waals surface area (Å²) in [5, 5.41) is 4.41. The molecule has 2 bridgehead atoms. The van der Waals surface area contributed by atoms with Crippen LogP contribution in [0.5, 0.6) is 0 Å². The molecule has 0 saturated carbocycles. The highest BCUT2D eigenvalue weighted by molar-refractivity contribution is 5.95. The van der Waals surface area contributed by atoms with Crippen molar-refractivity contribution in [3.8, 4) is 0 Å². The van der Waals surface area contributed by atoms with Gasteiger partial charge < -0.3 is 9.80 Å². The molecule has 3 aliphatic heterocycles. The molecular weight excluding hydrogens is 342 g/mol. The lowest BCUT2D eigenvalue weighted by Crippen LogP contribution is -2.48. The molecule has 3 fully saturated rings. The Labute approximate surface area is 159 Å². The molecule has 5 heterocycles. The van der Waals surface area contributed by atoms with Gasteiger partial charge in [0, 0.05) is 50.2 Å². The van der Waals surface area contributed by atoms with E-state index in [1.165, 1.54) is 0 Å². The number of hydrogen-bond donors (Lipinski definition) is 0. The van der Waals surface area contributed by atoms with Gasteiger partial charge >= 0.3 is 0 Å². The Morgan fingerprint density at radius 2 is 1.89 bits per heavy atom. The number of amides is 2. The van der Waals surface area contributed by atoms with E-state index in [1.54, 1.807) is 29.2 Å². The van der Waals surface area contributed by atoms with Crippen LogP contribution in [-0.2, 0) is 6.54 Å². The summed E-state index contributed by atoms with van der Waals surface area (Å²) in [4.78, 5) is 34.0. The summed E-state index contributed by atoms with van der Waals surface area (Å²) < 4.78 is 1.77. The van der Waals surface area contributed by atoms with Crippen molar-refractivity contribution in [1.82, 2.24) is 24.6 Å². The van der Waals surface area contributed by atoms with Gasteiger partial charge in [-0.25, -0.2) is 0 Å². The molecule has 0 N–H and O–H groups in total. The summed E-state index contributed by atoms with van der Waals surface area (Å²) in [6.07, 6.45) is 5.28. The van der Waals surface area contributed by atoms with Gasteiger partial charge in [0.25, 0.3) is 11.8 Å². The third-order valence-corrected chi connectivity index (χ3v) is 5.61. The Bertz CT molecular complexity index is 847. The Morgan fingerprint density at radius 3 is 2.63 bits per heavy atom. The molecule has 0 aromatic carbocycles. The first-order valence-electron chi connectivity index (χ1n) is 9.61. The van der Waals surface area contributed by atoms with Crippen LogP contribution >= 0.6 is 0 Å². The summed E-state index contributed by atoms with van der Waals surface area (Å²) >= 11 is 0. The minimum atomic E-state index is 0.0260. The number of piperidine rings is 1. The van der Waals surface area contributed by atoms with E-state index in [2.05, 4.69) is 10.1 Å². The van der Waals surface area contributed by atoms with Gasteiger partial charge in [0.2, 0.25) is 0 Å². The zero-order valence-corrected chi connectivity index (χ0v) is 15.8. The molecule has 3 saturated heterocycles. The smallest absolute Gasteiger partial charge is 0.272 e. The number of nitrogens with zero attached hydrogens (tertiary/aromatic N) is 5. The Morgan fingerprint density at radius 1 is 1.11 bits per heavy atom. The quantitative estimate of drug-likeness (QED) is 0.832. The van der Waals surface area contributed by atoms with Gasteiger partial charge in [-0.1, -0.05) is 0 Å². The minimum Gasteiger partial charge on any atom is -0.336 e. The van der Waals surface area contributed by atoms with Crippen molar-refractivity contribution in [2.45, 2.75) is 39.3 Å². The number of carbonyl (C=O) groups excluding carboxylic acids is 2. The molecule has 0 aliphatic carbocycles. The van der Waals surface area contributed by atoms with E-state index >= 15 is 0 Å². The van der Waals surface area contributed by atoms with E-state index in [0.29, 0.717) is 43.4 Å². The molecule has 2 aromatic heterocycles. The van der Waals surface area contributed by atoms with Crippen molar-refractivity contribution in [2.24, 2.45) is 5.92 Å². The van der Waals surface area contributed by atoms with Crippen LogP contribution in [0.1, 0.15) is 46.3 Å². The summed E-state index contributed by atoms with van der Waals surface area (Å²) in [6.45, 7) is 6.57. The standard InChI is InChI=1S/C20H25N5O2/c1-3-25-18(10-14(2)22-25)20(27)24-12-15-4-5-17(24)13-23(11-15)19(26)16-6-8-21-9-7-16/h6-10,15,17H,3-5,11-13H2,1-2H3/t15-,17+/m0/s1. The Hall–Kier alpha value is -2.70. The minimum absolute atomic E-state index is 0.0260.